The molecule has 3 fully saturated rings. The van der Waals surface area contributed by atoms with Gasteiger partial charge in [0.05, 0.1) is 17.1 Å². The molecule has 0 saturated carbocycles. The normalized spacial score (nSPS) is 17.6. The third-order valence-electron chi connectivity index (χ3n) is 12.5. The number of aromatic nitrogens is 5. The van der Waals surface area contributed by atoms with E-state index in [1.54, 1.807) is 11.2 Å². The molecule has 0 bridgehead atoms. The van der Waals surface area contributed by atoms with Crippen molar-refractivity contribution < 1.29 is 18.9 Å². The summed E-state index contributed by atoms with van der Waals surface area (Å²) in [6.07, 6.45) is 4.24. The number of piperazine rings is 1. The molecule has 0 unspecified atom stereocenters. The second kappa shape index (κ2) is 16.3. The zero-order valence-corrected chi connectivity index (χ0v) is 35.5. The molecule has 3 aliphatic heterocycles. The fraction of sp³-hybridized carbons (Fsp3) is 0.413. The van der Waals surface area contributed by atoms with Gasteiger partial charge in [0.2, 0.25) is 5.91 Å². The molecule has 6 aromatic rings. The summed E-state index contributed by atoms with van der Waals surface area (Å²) in [7, 11) is 0. The summed E-state index contributed by atoms with van der Waals surface area (Å²) < 4.78 is 5.26. The molecule has 9 rings (SSSR count). The standard InChI is InChI=1S/C46H53N11O4/c1-28-24-31(6-12-35(28)29(2)49-42(59)43-52-44(53-61-43)46(3,4)5)40-39-36-13-11-34(25-37(36)50-41(39)48-27-47-40)56-22-20-54(21-23-56)26-30-14-17-55(18-15-30)32-7-9-33(10-8-32)57-19-16-38(58)51-45(57)60/h6-13,24-25,27,29-30H,14-23,26H2,1-5H3,(H,49,59)(H,47,48,50)(H,51,58,60)/t29-/m1/s1. The Morgan fingerprint density at radius 1 is 0.885 bits per heavy atom. The maximum Gasteiger partial charge on any atom is 0.328 e. The zero-order chi connectivity index (χ0) is 42.4. The smallest absolute Gasteiger partial charge is 0.328 e. The van der Waals surface area contributed by atoms with Gasteiger partial charge in [-0.15, -0.1) is 0 Å². The van der Waals surface area contributed by atoms with Gasteiger partial charge in [-0.25, -0.2) is 14.8 Å². The number of aryl methyl sites for hydroxylation is 1. The lowest BCUT2D eigenvalue weighted by atomic mass is 9.95. The van der Waals surface area contributed by atoms with E-state index in [2.05, 4.69) is 87.9 Å². The third-order valence-corrected chi connectivity index (χ3v) is 12.5. The lowest BCUT2D eigenvalue weighted by Gasteiger charge is -2.40. The quantitative estimate of drug-likeness (QED) is 0.141. The van der Waals surface area contributed by atoms with Crippen LogP contribution in [0.3, 0.4) is 0 Å². The first-order chi connectivity index (χ1) is 29.4. The first-order valence-corrected chi connectivity index (χ1v) is 21.3. The Labute approximate surface area is 354 Å². The number of H-pyrrole nitrogens is 1. The minimum Gasteiger partial charge on any atom is -0.372 e. The van der Waals surface area contributed by atoms with Gasteiger partial charge in [-0.05, 0) is 86.2 Å². The summed E-state index contributed by atoms with van der Waals surface area (Å²) in [6, 6.07) is 20.4. The number of benzene rings is 3. The van der Waals surface area contributed by atoms with Crippen molar-refractivity contribution in [1.29, 1.82) is 0 Å². The highest BCUT2D eigenvalue weighted by molar-refractivity contribution is 6.12. The van der Waals surface area contributed by atoms with E-state index in [-0.39, 0.29) is 29.3 Å². The summed E-state index contributed by atoms with van der Waals surface area (Å²) in [5, 5.41) is 11.5. The number of carbonyl (C=O) groups excluding carboxylic acids is 3. The Morgan fingerprint density at radius 2 is 1.61 bits per heavy atom. The van der Waals surface area contributed by atoms with Crippen molar-refractivity contribution in [3.63, 3.8) is 0 Å². The summed E-state index contributed by atoms with van der Waals surface area (Å²) in [4.78, 5) is 63.2. The molecule has 61 heavy (non-hydrogen) atoms. The van der Waals surface area contributed by atoms with Gasteiger partial charge in [-0.3, -0.25) is 24.7 Å². The number of rotatable bonds is 9. The van der Waals surface area contributed by atoms with Crippen LogP contribution >= 0.6 is 0 Å². The molecule has 4 amide bonds. The highest BCUT2D eigenvalue weighted by Gasteiger charge is 2.28. The monoisotopic (exact) mass is 823 g/mol. The van der Waals surface area contributed by atoms with E-state index in [1.807, 2.05) is 52.8 Å². The Morgan fingerprint density at radius 3 is 2.31 bits per heavy atom. The van der Waals surface area contributed by atoms with E-state index in [9.17, 15) is 14.4 Å². The van der Waals surface area contributed by atoms with Gasteiger partial charge in [-0.1, -0.05) is 44.1 Å². The van der Waals surface area contributed by atoms with E-state index in [1.165, 1.54) is 11.4 Å². The highest BCUT2D eigenvalue weighted by atomic mass is 16.5. The van der Waals surface area contributed by atoms with Gasteiger partial charge in [-0.2, -0.15) is 4.98 Å². The summed E-state index contributed by atoms with van der Waals surface area (Å²) in [5.74, 6) is 0.493. The number of hydrogen-bond acceptors (Lipinski definition) is 11. The second-order valence-corrected chi connectivity index (χ2v) is 17.7. The van der Waals surface area contributed by atoms with Crippen molar-refractivity contribution in [3.8, 4) is 11.3 Å². The van der Waals surface area contributed by atoms with E-state index in [0.29, 0.717) is 24.7 Å². The molecular formula is C46H53N11O4. The topological polar surface area (TPSA) is 169 Å². The third kappa shape index (κ3) is 8.26. The number of nitrogens with one attached hydrogen (secondary N) is 3. The molecule has 0 radical (unpaired) electrons. The van der Waals surface area contributed by atoms with Crippen molar-refractivity contribution >= 4 is 56.8 Å². The number of aromatic amines is 1. The number of anilines is 3. The lowest BCUT2D eigenvalue weighted by Crippen LogP contribution is -2.49. The fourth-order valence-corrected chi connectivity index (χ4v) is 8.98. The van der Waals surface area contributed by atoms with Crippen LogP contribution in [0.2, 0.25) is 0 Å². The zero-order valence-electron chi connectivity index (χ0n) is 35.5. The highest BCUT2D eigenvalue weighted by Crippen LogP contribution is 2.36. The van der Waals surface area contributed by atoms with Crippen molar-refractivity contribution in [2.45, 2.75) is 65.3 Å². The van der Waals surface area contributed by atoms with Gasteiger partial charge >= 0.3 is 17.8 Å². The first kappa shape index (κ1) is 40.1. The maximum absolute atomic E-state index is 13.0. The summed E-state index contributed by atoms with van der Waals surface area (Å²) in [5.41, 5.74) is 8.55. The molecule has 316 valence electrons. The number of urea groups is 1. The summed E-state index contributed by atoms with van der Waals surface area (Å²) >= 11 is 0. The lowest BCUT2D eigenvalue weighted by molar-refractivity contribution is -0.120. The first-order valence-electron chi connectivity index (χ1n) is 21.3. The molecule has 3 saturated heterocycles. The van der Waals surface area contributed by atoms with Crippen LogP contribution in [0.15, 0.2) is 71.5 Å². The van der Waals surface area contributed by atoms with Crippen LogP contribution in [0.1, 0.15) is 80.6 Å². The minimum atomic E-state index is -0.404. The number of carbonyl (C=O) groups is 3. The van der Waals surface area contributed by atoms with E-state index in [0.717, 1.165) is 109 Å². The summed E-state index contributed by atoms with van der Waals surface area (Å²) in [6.45, 7) is 17.5. The van der Waals surface area contributed by atoms with Crippen LogP contribution in [-0.4, -0.2) is 100 Å². The van der Waals surface area contributed by atoms with Crippen molar-refractivity contribution in [2.24, 2.45) is 5.92 Å². The van der Waals surface area contributed by atoms with Gasteiger partial charge in [0, 0.05) is 97.7 Å². The Balaban J connectivity index is 0.799. The van der Waals surface area contributed by atoms with Crippen LogP contribution in [0.4, 0.5) is 21.9 Å². The number of amides is 4. The predicted molar refractivity (Wildman–Crippen MR) is 236 cm³/mol. The van der Waals surface area contributed by atoms with Gasteiger partial charge < -0.3 is 24.6 Å². The molecule has 3 aromatic carbocycles. The Bertz CT molecular complexity index is 2600. The Kier molecular flexibility index (Phi) is 10.7. The number of fused-ring (bicyclic) bond motifs is 3. The van der Waals surface area contributed by atoms with E-state index >= 15 is 0 Å². The van der Waals surface area contributed by atoms with Crippen LogP contribution in [0, 0.1) is 12.8 Å². The number of hydrogen-bond donors (Lipinski definition) is 3. The average molecular weight is 824 g/mol. The van der Waals surface area contributed by atoms with E-state index < -0.39 is 5.91 Å². The molecule has 0 spiro atoms. The molecule has 3 N–H and O–H groups in total. The van der Waals surface area contributed by atoms with Gasteiger partial charge in [0.1, 0.15) is 12.0 Å². The van der Waals surface area contributed by atoms with E-state index in [4.69, 9.17) is 9.51 Å². The molecule has 15 nitrogen and oxygen atoms in total. The van der Waals surface area contributed by atoms with Crippen molar-refractivity contribution in [3.05, 3.63) is 89.8 Å². The predicted octanol–water partition coefficient (Wildman–Crippen LogP) is 6.74. The Hall–Kier alpha value is -6.35. The minimum absolute atomic E-state index is 0.0440. The van der Waals surface area contributed by atoms with Crippen molar-refractivity contribution in [2.75, 3.05) is 67.1 Å². The largest absolute Gasteiger partial charge is 0.372 e. The number of piperidine rings is 1. The van der Waals surface area contributed by atoms with Crippen LogP contribution in [0.25, 0.3) is 33.2 Å². The second-order valence-electron chi connectivity index (χ2n) is 17.7. The number of nitrogens with zero attached hydrogens (tertiary/aromatic N) is 8. The number of imide groups is 1. The molecule has 3 aromatic heterocycles. The molecule has 1 atom stereocenters. The average Bonchev–Trinajstić information content (AvgIpc) is 3.91. The molecule has 15 heteroatoms. The van der Waals surface area contributed by atoms with Crippen molar-refractivity contribution in [1.82, 2.24) is 40.6 Å². The molecule has 3 aliphatic rings. The van der Waals surface area contributed by atoms with Crippen LogP contribution in [-0.2, 0) is 10.2 Å². The SMILES string of the molecule is Cc1cc(-c2ncnc3[nH]c4cc(N5CCN(CC6CCN(c7ccc(N8CCC(=O)NC8=O)cc7)CC6)CC5)ccc4c23)ccc1[C@@H](C)NC(=O)c1nc(C(C)(C)C)no1. The fourth-order valence-electron chi connectivity index (χ4n) is 8.98. The van der Waals surface area contributed by atoms with Gasteiger partial charge in [0.15, 0.2) is 5.82 Å². The molecular weight excluding hydrogens is 771 g/mol. The maximum atomic E-state index is 13.0. The molecule has 0 aliphatic carbocycles. The molecule has 6 heterocycles. The van der Waals surface area contributed by atoms with Crippen LogP contribution in [0.5, 0.6) is 0 Å². The van der Waals surface area contributed by atoms with Gasteiger partial charge in [0.25, 0.3) is 0 Å². The van der Waals surface area contributed by atoms with Crippen LogP contribution < -0.4 is 25.3 Å².